The number of rotatable bonds is 5. The fourth-order valence-electron chi connectivity index (χ4n) is 2.91. The van der Waals surface area contributed by atoms with Gasteiger partial charge in [-0.15, -0.1) is 0 Å². The maximum atomic E-state index is 14.2. The first-order valence-electron chi connectivity index (χ1n) is 8.76. The molecule has 0 spiro atoms. The molecular weight excluding hydrogens is 419 g/mol. The van der Waals surface area contributed by atoms with Gasteiger partial charge in [0.05, 0.1) is 17.3 Å². The van der Waals surface area contributed by atoms with Gasteiger partial charge in [-0.1, -0.05) is 41.7 Å². The molecule has 0 radical (unpaired) electrons. The quantitative estimate of drug-likeness (QED) is 0.462. The van der Waals surface area contributed by atoms with Gasteiger partial charge in [-0.25, -0.2) is 9.78 Å². The van der Waals surface area contributed by atoms with E-state index in [-0.39, 0.29) is 10.7 Å². The van der Waals surface area contributed by atoms with Crippen LogP contribution in [0, 0.1) is 13.8 Å². The number of esters is 1. The van der Waals surface area contributed by atoms with Crippen LogP contribution in [-0.2, 0) is 9.53 Å². The summed E-state index contributed by atoms with van der Waals surface area (Å²) in [6.07, 6.45) is -5.23. The van der Waals surface area contributed by atoms with Crippen LogP contribution >= 0.6 is 11.3 Å². The summed E-state index contributed by atoms with van der Waals surface area (Å²) in [5, 5.41) is 3.71. The number of carbonyl (C=O) groups is 2. The molecule has 10 heteroatoms. The van der Waals surface area contributed by atoms with Gasteiger partial charge in [0.15, 0.2) is 5.13 Å². The minimum atomic E-state index is -5.23. The van der Waals surface area contributed by atoms with E-state index in [1.807, 2.05) is 0 Å². The highest BCUT2D eigenvalue weighted by molar-refractivity contribution is 7.22. The molecule has 0 unspecified atom stereocenters. The predicted molar refractivity (Wildman–Crippen MR) is 107 cm³/mol. The first-order valence-corrected chi connectivity index (χ1v) is 9.58. The number of carbonyl (C=O) groups excluding carboxylic acids is 2. The third-order valence-corrected chi connectivity index (χ3v) is 5.46. The Morgan fingerprint density at radius 3 is 2.30 bits per heavy atom. The molecule has 0 saturated heterocycles. The number of anilines is 1. The molecule has 1 heterocycles. The second-order valence-corrected chi connectivity index (χ2v) is 7.60. The number of benzene rings is 2. The number of hydrogen-bond donors (Lipinski definition) is 2. The summed E-state index contributed by atoms with van der Waals surface area (Å²) in [5.74, 6) is -2.80. The van der Waals surface area contributed by atoms with E-state index in [9.17, 15) is 22.8 Å². The molecule has 1 amide bonds. The Kier molecular flexibility index (Phi) is 5.71. The second kappa shape index (κ2) is 7.94. The van der Waals surface area contributed by atoms with Crippen LogP contribution in [0.1, 0.15) is 21.5 Å². The molecule has 1 aromatic heterocycles. The number of thiazole rings is 1. The van der Waals surface area contributed by atoms with E-state index >= 15 is 0 Å². The predicted octanol–water partition coefficient (Wildman–Crippen LogP) is 4.19. The van der Waals surface area contributed by atoms with Crippen molar-refractivity contribution in [3.05, 3.63) is 59.2 Å². The number of nitrogens with zero attached hydrogens (tertiary/aromatic N) is 1. The summed E-state index contributed by atoms with van der Waals surface area (Å²) >= 11 is 0.927. The van der Waals surface area contributed by atoms with Crippen molar-refractivity contribution in [1.29, 1.82) is 0 Å². The van der Waals surface area contributed by atoms with Gasteiger partial charge in [-0.2, -0.15) is 13.2 Å². The number of para-hydroxylation sites is 1. The molecule has 2 aromatic carbocycles. The zero-order valence-corrected chi connectivity index (χ0v) is 17.1. The average molecular weight is 437 g/mol. The molecule has 0 fully saturated rings. The van der Waals surface area contributed by atoms with Crippen LogP contribution in [0.5, 0.6) is 0 Å². The maximum Gasteiger partial charge on any atom is 0.442 e. The Morgan fingerprint density at radius 1 is 1.03 bits per heavy atom. The molecular formula is C20H18F3N3O3S. The van der Waals surface area contributed by atoms with Crippen molar-refractivity contribution in [2.75, 3.05) is 12.4 Å². The summed E-state index contributed by atoms with van der Waals surface area (Å²) in [6.45, 7) is 3.34. The Labute approximate surface area is 174 Å². The molecule has 0 saturated carbocycles. The van der Waals surface area contributed by atoms with Gasteiger partial charge in [0, 0.05) is 5.56 Å². The number of aromatic nitrogens is 1. The molecule has 30 heavy (non-hydrogen) atoms. The van der Waals surface area contributed by atoms with Crippen LogP contribution in [-0.4, -0.2) is 35.8 Å². The summed E-state index contributed by atoms with van der Waals surface area (Å²) in [5.41, 5.74) is -1.82. The lowest BCUT2D eigenvalue weighted by atomic mass is 10.1. The van der Waals surface area contributed by atoms with Gasteiger partial charge in [0.1, 0.15) is 0 Å². The minimum Gasteiger partial charge on any atom is -0.466 e. The molecule has 3 rings (SSSR count). The minimum absolute atomic E-state index is 0.00280. The van der Waals surface area contributed by atoms with Crippen LogP contribution in [0.25, 0.3) is 10.2 Å². The van der Waals surface area contributed by atoms with Gasteiger partial charge in [0.25, 0.3) is 5.91 Å². The molecule has 0 aliphatic heterocycles. The number of alkyl halides is 3. The lowest BCUT2D eigenvalue weighted by molar-refractivity contribution is -0.203. The monoisotopic (exact) mass is 437 g/mol. The van der Waals surface area contributed by atoms with Crippen molar-refractivity contribution >= 4 is 38.6 Å². The fraction of sp³-hybridized carbons (Fsp3) is 0.250. The summed E-state index contributed by atoms with van der Waals surface area (Å²) in [4.78, 5) is 29.2. The first kappa shape index (κ1) is 21.6. The van der Waals surface area contributed by atoms with Gasteiger partial charge in [-0.3, -0.25) is 4.79 Å². The van der Waals surface area contributed by atoms with Crippen LogP contribution < -0.4 is 10.6 Å². The molecule has 158 valence electrons. The Balaban J connectivity index is 2.08. The number of nitrogens with one attached hydrogen (secondary N) is 2. The van der Waals surface area contributed by atoms with Crippen molar-refractivity contribution in [3.8, 4) is 0 Å². The summed E-state index contributed by atoms with van der Waals surface area (Å²) in [6, 6.07) is 11.3. The van der Waals surface area contributed by atoms with E-state index in [1.165, 1.54) is 12.1 Å². The Morgan fingerprint density at radius 2 is 1.70 bits per heavy atom. The number of fused-ring (bicyclic) bond motifs is 1. The van der Waals surface area contributed by atoms with Crippen molar-refractivity contribution in [2.24, 2.45) is 0 Å². The Bertz CT molecular complexity index is 1110. The van der Waals surface area contributed by atoms with Crippen molar-refractivity contribution in [3.63, 3.8) is 0 Å². The molecule has 6 nitrogen and oxygen atoms in total. The van der Waals surface area contributed by atoms with Crippen molar-refractivity contribution < 1.29 is 27.5 Å². The zero-order chi connectivity index (χ0) is 22.1. The highest BCUT2D eigenvalue weighted by Crippen LogP contribution is 2.36. The van der Waals surface area contributed by atoms with Crippen LogP contribution in [0.4, 0.5) is 18.3 Å². The largest absolute Gasteiger partial charge is 0.466 e. The Hall–Kier alpha value is -3.14. The first-order chi connectivity index (χ1) is 14.1. The lowest BCUT2D eigenvalue weighted by Gasteiger charge is -2.34. The summed E-state index contributed by atoms with van der Waals surface area (Å²) < 4.78 is 47.7. The third-order valence-electron chi connectivity index (χ3n) is 4.52. The van der Waals surface area contributed by atoms with Crippen LogP contribution in [0.3, 0.4) is 0 Å². The highest BCUT2D eigenvalue weighted by atomic mass is 32.1. The highest BCUT2D eigenvalue weighted by Gasteiger charge is 2.64. The normalized spacial score (nSPS) is 13.5. The van der Waals surface area contributed by atoms with E-state index < -0.39 is 23.7 Å². The smallest absolute Gasteiger partial charge is 0.442 e. The van der Waals surface area contributed by atoms with E-state index in [2.05, 4.69) is 15.0 Å². The number of aryl methyl sites for hydroxylation is 2. The van der Waals surface area contributed by atoms with Crippen LogP contribution in [0.15, 0.2) is 42.5 Å². The van der Waals surface area contributed by atoms with E-state index in [4.69, 9.17) is 0 Å². The lowest BCUT2D eigenvalue weighted by Crippen LogP contribution is -2.69. The summed E-state index contributed by atoms with van der Waals surface area (Å²) in [7, 11) is 0.812. The number of amides is 1. The fourth-order valence-corrected chi connectivity index (χ4v) is 3.91. The van der Waals surface area contributed by atoms with E-state index in [0.29, 0.717) is 15.8 Å². The molecule has 0 bridgehead atoms. The van der Waals surface area contributed by atoms with E-state index in [0.717, 1.165) is 24.0 Å². The van der Waals surface area contributed by atoms with E-state index in [1.54, 1.807) is 49.5 Å². The molecule has 1 atom stereocenters. The third kappa shape index (κ3) is 3.82. The maximum absolute atomic E-state index is 14.2. The zero-order valence-electron chi connectivity index (χ0n) is 16.3. The van der Waals surface area contributed by atoms with Gasteiger partial charge in [0.2, 0.25) is 0 Å². The number of methoxy groups -OCH3 is 1. The molecule has 0 aliphatic carbocycles. The van der Waals surface area contributed by atoms with Gasteiger partial charge in [-0.05, 0) is 37.1 Å². The number of halogens is 3. The number of ether oxygens (including phenoxy) is 1. The molecule has 3 aromatic rings. The van der Waals surface area contributed by atoms with Crippen LogP contribution in [0.2, 0.25) is 0 Å². The SMILES string of the molecule is COC(=O)[C@](NC(=O)c1ccccc1C)(Nc1nc2c(C)cccc2s1)C(F)(F)F. The van der Waals surface area contributed by atoms with Gasteiger partial charge < -0.3 is 15.4 Å². The van der Waals surface area contributed by atoms with Crippen molar-refractivity contribution in [2.45, 2.75) is 25.7 Å². The van der Waals surface area contributed by atoms with Crippen molar-refractivity contribution in [1.82, 2.24) is 10.3 Å². The standard InChI is InChI=1S/C20H18F3N3O3S/c1-11-7-4-5-9-13(11)16(27)25-19(17(28)29-3,20(21,22)23)26-18-24-15-12(2)8-6-10-14(15)30-18/h4-10H,1-3H3,(H,24,26)(H,25,27)/t19-/m0/s1. The second-order valence-electron chi connectivity index (χ2n) is 6.57. The molecule has 0 aliphatic rings. The topological polar surface area (TPSA) is 80.3 Å². The molecule has 2 N–H and O–H groups in total. The van der Waals surface area contributed by atoms with Gasteiger partial charge >= 0.3 is 17.8 Å². The number of hydrogen-bond acceptors (Lipinski definition) is 6. The average Bonchev–Trinajstić information content (AvgIpc) is 3.10.